The fourth-order valence-corrected chi connectivity index (χ4v) is 5.20. The number of nitrogens with one attached hydrogen (secondary N) is 1. The van der Waals surface area contributed by atoms with Crippen LogP contribution < -0.4 is 5.32 Å². The molecule has 1 aromatic carbocycles. The molecule has 5 nitrogen and oxygen atoms in total. The lowest BCUT2D eigenvalue weighted by Crippen LogP contribution is -2.55. The van der Waals surface area contributed by atoms with E-state index in [-0.39, 0.29) is 23.8 Å². The molecule has 30 heavy (non-hydrogen) atoms. The van der Waals surface area contributed by atoms with Gasteiger partial charge in [-0.2, -0.15) is 0 Å². The number of likely N-dealkylation sites (tertiary alicyclic amines) is 1. The van der Waals surface area contributed by atoms with Crippen LogP contribution in [0.1, 0.15) is 58.6 Å². The van der Waals surface area contributed by atoms with Crippen molar-refractivity contribution in [2.45, 2.75) is 72.5 Å². The Morgan fingerprint density at radius 1 is 1.07 bits per heavy atom. The largest absolute Gasteiger partial charge is 0.351 e. The second-order valence-electron chi connectivity index (χ2n) is 10.2. The molecular formula is C25H39N3O2. The molecule has 5 heteroatoms. The zero-order valence-corrected chi connectivity index (χ0v) is 19.4. The van der Waals surface area contributed by atoms with Gasteiger partial charge in [0.25, 0.3) is 0 Å². The Bertz CT molecular complexity index is 738. The van der Waals surface area contributed by atoms with Gasteiger partial charge in [0.05, 0.1) is 0 Å². The molecule has 0 bridgehead atoms. The van der Waals surface area contributed by atoms with Crippen LogP contribution in [0.25, 0.3) is 0 Å². The van der Waals surface area contributed by atoms with Crippen LogP contribution in [0.5, 0.6) is 0 Å². The minimum absolute atomic E-state index is 0.0211. The normalized spacial score (nSPS) is 25.7. The lowest BCUT2D eigenvalue weighted by molar-refractivity contribution is -0.142. The first kappa shape index (κ1) is 22.8. The number of fused-ring (bicyclic) bond motifs is 1. The van der Waals surface area contributed by atoms with Gasteiger partial charge in [0, 0.05) is 45.1 Å². The van der Waals surface area contributed by atoms with E-state index in [1.165, 1.54) is 12.0 Å². The van der Waals surface area contributed by atoms with E-state index in [0.29, 0.717) is 31.2 Å². The third-order valence-corrected chi connectivity index (χ3v) is 6.32. The van der Waals surface area contributed by atoms with Gasteiger partial charge in [-0.3, -0.25) is 9.59 Å². The molecule has 4 atom stereocenters. The van der Waals surface area contributed by atoms with Gasteiger partial charge in [0.15, 0.2) is 0 Å². The van der Waals surface area contributed by atoms with Gasteiger partial charge in [-0.15, -0.1) is 0 Å². The Kier molecular flexibility index (Phi) is 7.56. The van der Waals surface area contributed by atoms with Gasteiger partial charge >= 0.3 is 0 Å². The van der Waals surface area contributed by atoms with Crippen LogP contribution in [-0.2, 0) is 22.6 Å². The van der Waals surface area contributed by atoms with Crippen LogP contribution in [-0.4, -0.2) is 53.3 Å². The molecule has 0 aliphatic carbocycles. The maximum Gasteiger partial charge on any atom is 0.243 e. The summed E-state index contributed by atoms with van der Waals surface area (Å²) in [6.07, 6.45) is 2.35. The molecule has 3 rings (SSSR count). The summed E-state index contributed by atoms with van der Waals surface area (Å²) in [6, 6.07) is 7.82. The molecule has 1 saturated heterocycles. The summed E-state index contributed by atoms with van der Waals surface area (Å²) in [4.78, 5) is 30.5. The lowest BCUT2D eigenvalue weighted by Gasteiger charge is -2.38. The molecular weight excluding hydrogens is 374 g/mol. The van der Waals surface area contributed by atoms with Crippen LogP contribution >= 0.6 is 0 Å². The number of hydrogen-bond acceptors (Lipinski definition) is 3. The van der Waals surface area contributed by atoms with Crippen LogP contribution in [0.3, 0.4) is 0 Å². The highest BCUT2D eigenvalue weighted by molar-refractivity contribution is 5.88. The minimum atomic E-state index is -0.423. The number of carbonyl (C=O) groups is 2. The molecule has 2 amide bonds. The molecule has 2 aliphatic heterocycles. The monoisotopic (exact) mass is 413 g/mol. The van der Waals surface area contributed by atoms with Crippen molar-refractivity contribution in [2.24, 2.45) is 17.8 Å². The average molecular weight is 414 g/mol. The molecule has 1 aromatic rings. The fourth-order valence-electron chi connectivity index (χ4n) is 5.20. The van der Waals surface area contributed by atoms with Crippen molar-refractivity contribution in [3.63, 3.8) is 0 Å². The first-order valence-electron chi connectivity index (χ1n) is 11.6. The molecule has 166 valence electrons. The number of nitrogens with zero attached hydrogens (tertiary/aromatic N) is 2. The first-order valence-corrected chi connectivity index (χ1v) is 11.6. The quantitative estimate of drug-likeness (QED) is 0.777. The van der Waals surface area contributed by atoms with Crippen molar-refractivity contribution in [3.8, 4) is 0 Å². The van der Waals surface area contributed by atoms with Crippen LogP contribution in [0, 0.1) is 17.8 Å². The zero-order valence-electron chi connectivity index (χ0n) is 19.4. The van der Waals surface area contributed by atoms with E-state index in [0.717, 1.165) is 25.2 Å². The summed E-state index contributed by atoms with van der Waals surface area (Å²) < 4.78 is 0. The number of piperidine rings is 1. The maximum absolute atomic E-state index is 13.3. The minimum Gasteiger partial charge on any atom is -0.351 e. The van der Waals surface area contributed by atoms with Crippen molar-refractivity contribution in [2.75, 3.05) is 19.6 Å². The summed E-state index contributed by atoms with van der Waals surface area (Å²) >= 11 is 0. The average Bonchev–Trinajstić information content (AvgIpc) is 2.65. The van der Waals surface area contributed by atoms with Gasteiger partial charge in [-0.05, 0) is 42.2 Å². The molecule has 2 aliphatic rings. The van der Waals surface area contributed by atoms with E-state index in [9.17, 15) is 9.59 Å². The van der Waals surface area contributed by atoms with Crippen LogP contribution in [0.15, 0.2) is 24.3 Å². The molecule has 0 radical (unpaired) electrons. The van der Waals surface area contributed by atoms with Crippen molar-refractivity contribution >= 4 is 11.8 Å². The van der Waals surface area contributed by atoms with Gasteiger partial charge in [0.1, 0.15) is 6.04 Å². The van der Waals surface area contributed by atoms with E-state index in [4.69, 9.17) is 0 Å². The van der Waals surface area contributed by atoms with Crippen molar-refractivity contribution in [3.05, 3.63) is 35.4 Å². The second-order valence-corrected chi connectivity index (χ2v) is 10.2. The molecule has 1 N–H and O–H groups in total. The van der Waals surface area contributed by atoms with Gasteiger partial charge in [-0.25, -0.2) is 0 Å². The SMILES string of the molecule is CC(C)CC(=O)N1Cc2ccccc2CC1C(=O)NC(C)CN1CC(C)CC(C)C1. The third kappa shape index (κ3) is 5.84. The molecule has 0 aromatic heterocycles. The summed E-state index contributed by atoms with van der Waals surface area (Å²) in [6.45, 7) is 14.4. The highest BCUT2D eigenvalue weighted by Gasteiger charge is 2.35. The van der Waals surface area contributed by atoms with Crippen LogP contribution in [0.2, 0.25) is 0 Å². The lowest BCUT2D eigenvalue weighted by atomic mass is 9.91. The first-order chi connectivity index (χ1) is 14.2. The Balaban J connectivity index is 1.67. The summed E-state index contributed by atoms with van der Waals surface area (Å²) in [5.41, 5.74) is 2.33. The molecule has 4 unspecified atom stereocenters. The van der Waals surface area contributed by atoms with Crippen LogP contribution in [0.4, 0.5) is 0 Å². The Morgan fingerprint density at radius 2 is 1.70 bits per heavy atom. The summed E-state index contributed by atoms with van der Waals surface area (Å²) in [5.74, 6) is 1.74. The summed E-state index contributed by atoms with van der Waals surface area (Å²) in [5, 5.41) is 3.22. The van der Waals surface area contributed by atoms with E-state index < -0.39 is 6.04 Å². The van der Waals surface area contributed by atoms with Gasteiger partial charge in [-0.1, -0.05) is 52.0 Å². The van der Waals surface area contributed by atoms with Gasteiger partial charge in [0.2, 0.25) is 11.8 Å². The number of amides is 2. The number of benzene rings is 1. The second kappa shape index (κ2) is 9.95. The fraction of sp³-hybridized carbons (Fsp3) is 0.680. The third-order valence-electron chi connectivity index (χ3n) is 6.32. The van der Waals surface area contributed by atoms with E-state index >= 15 is 0 Å². The van der Waals surface area contributed by atoms with Crippen molar-refractivity contribution < 1.29 is 9.59 Å². The summed E-state index contributed by atoms with van der Waals surface area (Å²) in [7, 11) is 0. The van der Waals surface area contributed by atoms with E-state index in [2.05, 4.69) is 43.1 Å². The Hall–Kier alpha value is -1.88. The predicted octanol–water partition coefficient (Wildman–Crippen LogP) is 3.47. The van der Waals surface area contributed by atoms with Gasteiger partial charge < -0.3 is 15.1 Å². The molecule has 2 heterocycles. The molecule has 0 saturated carbocycles. The van der Waals surface area contributed by atoms with E-state index in [1.807, 2.05) is 26.0 Å². The highest BCUT2D eigenvalue weighted by atomic mass is 16.2. The number of hydrogen-bond donors (Lipinski definition) is 1. The standard InChI is InChI=1S/C25H39N3O2/c1-17(2)10-24(29)28-16-22-9-7-6-8-21(22)12-23(28)25(30)26-20(5)15-27-13-18(3)11-19(4)14-27/h6-9,17-20,23H,10-16H2,1-5H3,(H,26,30). The Labute approximate surface area is 182 Å². The zero-order chi connectivity index (χ0) is 21.8. The van der Waals surface area contributed by atoms with Crippen molar-refractivity contribution in [1.29, 1.82) is 0 Å². The molecule has 1 fully saturated rings. The smallest absolute Gasteiger partial charge is 0.243 e. The predicted molar refractivity (Wildman–Crippen MR) is 121 cm³/mol. The highest BCUT2D eigenvalue weighted by Crippen LogP contribution is 2.25. The topological polar surface area (TPSA) is 52.7 Å². The van der Waals surface area contributed by atoms with E-state index in [1.54, 1.807) is 4.90 Å². The number of rotatable bonds is 6. The molecule has 0 spiro atoms. The van der Waals surface area contributed by atoms with Crippen molar-refractivity contribution in [1.82, 2.24) is 15.1 Å². The maximum atomic E-state index is 13.3. The Morgan fingerprint density at radius 3 is 2.33 bits per heavy atom. The number of carbonyl (C=O) groups excluding carboxylic acids is 2.